The van der Waals surface area contributed by atoms with Crippen LogP contribution in [0.15, 0.2) is 30.3 Å². The summed E-state index contributed by atoms with van der Waals surface area (Å²) in [4.78, 5) is 8.78. The number of benzene rings is 1. The maximum absolute atomic E-state index is 12.6. The molecule has 2 aromatic rings. The second-order valence-corrected chi connectivity index (χ2v) is 6.04. The first-order valence-corrected chi connectivity index (χ1v) is 7.97. The monoisotopic (exact) mass is 336 g/mol. The van der Waals surface area contributed by atoms with Crippen LogP contribution in [-0.4, -0.2) is 16.0 Å². The molecule has 3 rings (SSSR count). The molecule has 0 saturated heterocycles. The highest BCUT2D eigenvalue weighted by Crippen LogP contribution is 2.30. The lowest BCUT2D eigenvalue weighted by molar-refractivity contribution is -0.137. The Kier molecular flexibility index (Phi) is 4.59. The predicted molar refractivity (Wildman–Crippen MR) is 87.4 cm³/mol. The highest BCUT2D eigenvalue weighted by atomic mass is 19.4. The Balaban J connectivity index is 1.73. The zero-order valence-electron chi connectivity index (χ0n) is 13.3. The average molecular weight is 336 g/mol. The summed E-state index contributed by atoms with van der Waals surface area (Å²) < 4.78 is 37.8. The number of anilines is 3. The van der Waals surface area contributed by atoms with Gasteiger partial charge < -0.3 is 10.6 Å². The molecule has 7 heteroatoms. The van der Waals surface area contributed by atoms with Crippen LogP contribution >= 0.6 is 0 Å². The van der Waals surface area contributed by atoms with Gasteiger partial charge >= 0.3 is 6.18 Å². The van der Waals surface area contributed by atoms with Crippen LogP contribution in [0.3, 0.4) is 0 Å². The summed E-state index contributed by atoms with van der Waals surface area (Å²) in [5.74, 6) is 1.11. The number of nitrogens with one attached hydrogen (secondary N) is 2. The minimum Gasteiger partial charge on any atom is -0.351 e. The van der Waals surface area contributed by atoms with Crippen molar-refractivity contribution in [3.8, 4) is 0 Å². The SMILES string of the molecule is Cc1cc(Nc2ccc(C(F)(F)F)cc2)nc(NC2CCCC2)n1. The molecule has 0 atom stereocenters. The van der Waals surface area contributed by atoms with Gasteiger partial charge in [0.15, 0.2) is 0 Å². The van der Waals surface area contributed by atoms with E-state index in [1.807, 2.05) is 6.92 Å². The van der Waals surface area contributed by atoms with Crippen LogP contribution in [0.4, 0.5) is 30.6 Å². The van der Waals surface area contributed by atoms with Gasteiger partial charge in [0.25, 0.3) is 0 Å². The lowest BCUT2D eigenvalue weighted by Gasteiger charge is -2.14. The molecule has 1 aliphatic rings. The Labute approximate surface area is 138 Å². The Morgan fingerprint density at radius 2 is 1.71 bits per heavy atom. The van der Waals surface area contributed by atoms with E-state index in [-0.39, 0.29) is 0 Å². The van der Waals surface area contributed by atoms with E-state index in [0.717, 1.165) is 30.7 Å². The summed E-state index contributed by atoms with van der Waals surface area (Å²) in [6.45, 7) is 1.86. The number of aryl methyl sites for hydroxylation is 1. The lowest BCUT2D eigenvalue weighted by Crippen LogP contribution is -2.17. The van der Waals surface area contributed by atoms with Gasteiger partial charge in [-0.15, -0.1) is 0 Å². The average Bonchev–Trinajstić information content (AvgIpc) is 2.99. The van der Waals surface area contributed by atoms with Gasteiger partial charge in [0, 0.05) is 23.5 Å². The van der Waals surface area contributed by atoms with Gasteiger partial charge in [-0.2, -0.15) is 18.2 Å². The second-order valence-electron chi connectivity index (χ2n) is 6.04. The molecule has 0 aliphatic heterocycles. The number of nitrogens with zero attached hydrogens (tertiary/aromatic N) is 2. The molecular weight excluding hydrogens is 317 g/mol. The van der Waals surface area contributed by atoms with E-state index in [1.54, 1.807) is 6.07 Å². The third kappa shape index (κ3) is 4.15. The van der Waals surface area contributed by atoms with Crippen molar-refractivity contribution in [2.24, 2.45) is 0 Å². The topological polar surface area (TPSA) is 49.8 Å². The summed E-state index contributed by atoms with van der Waals surface area (Å²) in [6, 6.07) is 7.04. The van der Waals surface area contributed by atoms with Crippen LogP contribution in [0.25, 0.3) is 0 Å². The Bertz CT molecular complexity index is 692. The minimum atomic E-state index is -4.33. The first kappa shape index (κ1) is 16.5. The number of hydrogen-bond acceptors (Lipinski definition) is 4. The smallest absolute Gasteiger partial charge is 0.351 e. The van der Waals surface area contributed by atoms with E-state index in [0.29, 0.717) is 23.5 Å². The molecule has 1 saturated carbocycles. The van der Waals surface area contributed by atoms with Crippen molar-refractivity contribution in [3.63, 3.8) is 0 Å². The van der Waals surface area contributed by atoms with Gasteiger partial charge in [0.1, 0.15) is 5.82 Å². The third-order valence-electron chi connectivity index (χ3n) is 4.03. The normalized spacial score (nSPS) is 15.5. The van der Waals surface area contributed by atoms with E-state index >= 15 is 0 Å². The fraction of sp³-hybridized carbons (Fsp3) is 0.412. The molecule has 0 amide bonds. The van der Waals surface area contributed by atoms with Gasteiger partial charge in [0.2, 0.25) is 5.95 Å². The van der Waals surface area contributed by atoms with Crippen molar-refractivity contribution >= 4 is 17.5 Å². The third-order valence-corrected chi connectivity index (χ3v) is 4.03. The van der Waals surface area contributed by atoms with Crippen LogP contribution in [0, 0.1) is 6.92 Å². The van der Waals surface area contributed by atoms with E-state index in [1.165, 1.54) is 25.0 Å². The molecule has 1 heterocycles. The number of rotatable bonds is 4. The molecule has 2 N–H and O–H groups in total. The van der Waals surface area contributed by atoms with E-state index in [4.69, 9.17) is 0 Å². The first-order chi connectivity index (χ1) is 11.4. The van der Waals surface area contributed by atoms with Crippen molar-refractivity contribution in [2.75, 3.05) is 10.6 Å². The molecule has 1 aromatic heterocycles. The molecule has 0 radical (unpaired) electrons. The zero-order valence-corrected chi connectivity index (χ0v) is 13.3. The van der Waals surface area contributed by atoms with Gasteiger partial charge in [-0.05, 0) is 44.0 Å². The summed E-state index contributed by atoms with van der Waals surface area (Å²) in [5.41, 5.74) is 0.670. The van der Waals surface area contributed by atoms with Gasteiger partial charge in [-0.1, -0.05) is 12.8 Å². The molecule has 1 fully saturated rings. The fourth-order valence-electron chi connectivity index (χ4n) is 2.84. The molecule has 4 nitrogen and oxygen atoms in total. The summed E-state index contributed by atoms with van der Waals surface area (Å²) >= 11 is 0. The largest absolute Gasteiger partial charge is 0.416 e. The fourth-order valence-corrected chi connectivity index (χ4v) is 2.84. The number of alkyl halides is 3. The summed E-state index contributed by atoms with van der Waals surface area (Å²) in [5, 5.41) is 6.36. The minimum absolute atomic E-state index is 0.394. The molecule has 128 valence electrons. The molecule has 24 heavy (non-hydrogen) atoms. The van der Waals surface area contributed by atoms with Crippen LogP contribution in [-0.2, 0) is 6.18 Å². The summed E-state index contributed by atoms with van der Waals surface area (Å²) in [7, 11) is 0. The van der Waals surface area contributed by atoms with Crippen LogP contribution < -0.4 is 10.6 Å². The van der Waals surface area contributed by atoms with Crippen molar-refractivity contribution in [2.45, 2.75) is 44.8 Å². The number of aromatic nitrogens is 2. The van der Waals surface area contributed by atoms with Gasteiger partial charge in [-0.25, -0.2) is 4.98 Å². The van der Waals surface area contributed by atoms with Gasteiger partial charge in [-0.3, -0.25) is 0 Å². The van der Waals surface area contributed by atoms with Crippen molar-refractivity contribution in [3.05, 3.63) is 41.6 Å². The highest BCUT2D eigenvalue weighted by molar-refractivity contribution is 5.58. The second kappa shape index (κ2) is 6.67. The molecule has 0 unspecified atom stereocenters. The molecule has 0 bridgehead atoms. The van der Waals surface area contributed by atoms with Crippen molar-refractivity contribution in [1.29, 1.82) is 0 Å². The Morgan fingerprint density at radius 1 is 1.04 bits per heavy atom. The molecule has 1 aromatic carbocycles. The van der Waals surface area contributed by atoms with Crippen LogP contribution in [0.2, 0.25) is 0 Å². The number of hydrogen-bond donors (Lipinski definition) is 2. The van der Waals surface area contributed by atoms with Gasteiger partial charge in [0.05, 0.1) is 5.56 Å². The predicted octanol–water partition coefficient (Wildman–Crippen LogP) is 4.90. The van der Waals surface area contributed by atoms with Crippen LogP contribution in [0.1, 0.15) is 36.9 Å². The van der Waals surface area contributed by atoms with E-state index in [9.17, 15) is 13.2 Å². The van der Waals surface area contributed by atoms with E-state index in [2.05, 4.69) is 20.6 Å². The lowest BCUT2D eigenvalue weighted by atomic mass is 10.2. The molecular formula is C17H19F3N4. The first-order valence-electron chi connectivity index (χ1n) is 7.97. The maximum Gasteiger partial charge on any atom is 0.416 e. The Morgan fingerprint density at radius 3 is 2.33 bits per heavy atom. The number of halogens is 3. The summed E-state index contributed by atoms with van der Waals surface area (Å²) in [6.07, 6.45) is 0.306. The molecule has 0 spiro atoms. The van der Waals surface area contributed by atoms with Crippen molar-refractivity contribution in [1.82, 2.24) is 9.97 Å². The maximum atomic E-state index is 12.6. The molecule has 1 aliphatic carbocycles. The zero-order chi connectivity index (χ0) is 17.2. The van der Waals surface area contributed by atoms with Crippen molar-refractivity contribution < 1.29 is 13.2 Å². The Hall–Kier alpha value is -2.31. The standard InChI is InChI=1S/C17H19F3N4/c1-11-10-15(24-16(21-11)23-13-4-2-3-5-13)22-14-8-6-12(7-9-14)17(18,19)20/h6-10,13H,2-5H2,1H3,(H2,21,22,23,24). The van der Waals surface area contributed by atoms with E-state index < -0.39 is 11.7 Å². The quantitative estimate of drug-likeness (QED) is 0.833. The van der Waals surface area contributed by atoms with Crippen LogP contribution in [0.5, 0.6) is 0 Å². The highest BCUT2D eigenvalue weighted by Gasteiger charge is 2.29.